The summed E-state index contributed by atoms with van der Waals surface area (Å²) in [5.41, 5.74) is 3.33. The lowest BCUT2D eigenvalue weighted by Crippen LogP contribution is -2.15. The Kier molecular flexibility index (Phi) is 5.38. The van der Waals surface area contributed by atoms with Gasteiger partial charge in [-0.05, 0) is 67.7 Å². The zero-order chi connectivity index (χ0) is 18.8. The van der Waals surface area contributed by atoms with Crippen molar-refractivity contribution in [3.05, 3.63) is 65.0 Å². The number of benzene rings is 2. The molecule has 0 radical (unpaired) electrons. The molecule has 0 heterocycles. The number of hydrogen-bond acceptors (Lipinski definition) is 0. The van der Waals surface area contributed by atoms with Crippen LogP contribution in [-0.2, 0) is 0 Å². The lowest BCUT2D eigenvalue weighted by Gasteiger charge is -2.31. The highest BCUT2D eigenvalue weighted by Crippen LogP contribution is 2.45. The molecule has 0 spiro atoms. The van der Waals surface area contributed by atoms with Crippen LogP contribution in [0.5, 0.6) is 0 Å². The molecule has 1 fully saturated rings. The summed E-state index contributed by atoms with van der Waals surface area (Å²) in [4.78, 5) is 0. The van der Waals surface area contributed by atoms with E-state index in [0.29, 0.717) is 22.6 Å². The molecule has 0 unspecified atom stereocenters. The average Bonchev–Trinajstić information content (AvgIpc) is 2.71. The third-order valence-corrected chi connectivity index (χ3v) is 6.17. The maximum Gasteiger partial charge on any atom is 0.166 e. The van der Waals surface area contributed by atoms with Gasteiger partial charge < -0.3 is 0 Å². The van der Waals surface area contributed by atoms with Crippen molar-refractivity contribution in [2.24, 2.45) is 5.92 Å². The monoisotopic (exact) mass is 370 g/mol. The molecule has 0 nitrogen and oxygen atoms in total. The first-order chi connectivity index (χ1) is 13.2. The van der Waals surface area contributed by atoms with Gasteiger partial charge in [-0.3, -0.25) is 0 Å². The van der Waals surface area contributed by atoms with Gasteiger partial charge in [-0.25, -0.2) is 13.2 Å². The van der Waals surface area contributed by atoms with Crippen LogP contribution >= 0.6 is 0 Å². The maximum atomic E-state index is 15.1. The quantitative estimate of drug-likeness (QED) is 0.520. The van der Waals surface area contributed by atoms with Crippen LogP contribution in [0.25, 0.3) is 16.7 Å². The van der Waals surface area contributed by atoms with E-state index in [1.807, 2.05) is 0 Å². The maximum absolute atomic E-state index is 15.1. The molecule has 27 heavy (non-hydrogen) atoms. The van der Waals surface area contributed by atoms with Crippen LogP contribution in [0.4, 0.5) is 13.2 Å². The second-order valence-corrected chi connectivity index (χ2v) is 7.81. The molecule has 2 aliphatic carbocycles. The zero-order valence-corrected chi connectivity index (χ0v) is 15.5. The van der Waals surface area contributed by atoms with Crippen molar-refractivity contribution >= 4 is 5.57 Å². The normalized spacial score (nSPS) is 18.8. The molecule has 0 aromatic heterocycles. The van der Waals surface area contributed by atoms with Crippen molar-refractivity contribution in [3.63, 3.8) is 0 Å². The van der Waals surface area contributed by atoms with Crippen molar-refractivity contribution in [2.75, 3.05) is 0 Å². The van der Waals surface area contributed by atoms with Crippen molar-refractivity contribution in [1.29, 1.82) is 0 Å². The van der Waals surface area contributed by atoms with E-state index in [9.17, 15) is 8.78 Å². The van der Waals surface area contributed by atoms with E-state index in [-0.39, 0.29) is 0 Å². The van der Waals surface area contributed by atoms with Crippen LogP contribution < -0.4 is 0 Å². The molecular formula is C24H25F3. The van der Waals surface area contributed by atoms with Gasteiger partial charge in [0.05, 0.1) is 0 Å². The third kappa shape index (κ3) is 3.56. The third-order valence-electron chi connectivity index (χ3n) is 6.17. The molecule has 0 amide bonds. The minimum atomic E-state index is -0.855. The molecule has 2 aliphatic rings. The van der Waals surface area contributed by atoms with E-state index in [4.69, 9.17) is 0 Å². The summed E-state index contributed by atoms with van der Waals surface area (Å²) in [6.45, 7) is 0. The molecule has 1 saturated carbocycles. The van der Waals surface area contributed by atoms with Gasteiger partial charge in [0, 0.05) is 11.1 Å². The van der Waals surface area contributed by atoms with Crippen LogP contribution in [0.1, 0.15) is 63.4 Å². The lowest BCUT2D eigenvalue weighted by molar-refractivity contribution is 0.389. The van der Waals surface area contributed by atoms with Crippen molar-refractivity contribution in [2.45, 2.75) is 57.8 Å². The first-order valence-corrected chi connectivity index (χ1v) is 10.1. The standard InChI is InChI=1S/C24H25F3/c25-21-13-7-6-11-18(21)20-14-15-22(26)24(27)23(20)19-12-5-4-10-17(19)16-8-2-1-3-9-16/h6-7,11,13-16H,1-5,8-10,12H2. The Balaban J connectivity index is 1.92. The second kappa shape index (κ2) is 7.92. The van der Waals surface area contributed by atoms with Crippen molar-refractivity contribution < 1.29 is 13.2 Å². The molecule has 0 atom stereocenters. The number of halogens is 3. The van der Waals surface area contributed by atoms with Gasteiger partial charge in [-0.2, -0.15) is 0 Å². The van der Waals surface area contributed by atoms with E-state index in [1.54, 1.807) is 18.2 Å². The number of allylic oxidation sites excluding steroid dienone is 2. The van der Waals surface area contributed by atoms with Gasteiger partial charge in [0.15, 0.2) is 11.6 Å². The molecule has 2 aromatic rings. The Morgan fingerprint density at radius 2 is 1.41 bits per heavy atom. The fourth-order valence-electron chi connectivity index (χ4n) is 4.87. The smallest absolute Gasteiger partial charge is 0.166 e. The summed E-state index contributed by atoms with van der Waals surface area (Å²) in [6, 6.07) is 9.02. The minimum Gasteiger partial charge on any atom is -0.206 e. The summed E-state index contributed by atoms with van der Waals surface area (Å²) in [5, 5.41) is 0. The highest BCUT2D eigenvalue weighted by Gasteiger charge is 2.28. The van der Waals surface area contributed by atoms with Crippen LogP contribution in [0.3, 0.4) is 0 Å². The van der Waals surface area contributed by atoms with Crippen LogP contribution in [0.15, 0.2) is 42.0 Å². The summed E-state index contributed by atoms with van der Waals surface area (Å²) in [7, 11) is 0. The largest absolute Gasteiger partial charge is 0.206 e. The Morgan fingerprint density at radius 1 is 0.667 bits per heavy atom. The highest BCUT2D eigenvalue weighted by atomic mass is 19.2. The predicted octanol–water partition coefficient (Wildman–Crippen LogP) is 7.68. The molecular weight excluding hydrogens is 345 g/mol. The SMILES string of the molecule is Fc1ccccc1-c1ccc(F)c(F)c1C1=C(C2CCCCC2)CCCC1. The summed E-state index contributed by atoms with van der Waals surface area (Å²) in [5.74, 6) is -1.63. The van der Waals surface area contributed by atoms with Crippen LogP contribution in [0, 0.1) is 23.4 Å². The Bertz CT molecular complexity index is 860. The van der Waals surface area contributed by atoms with E-state index in [1.165, 1.54) is 37.0 Å². The second-order valence-electron chi connectivity index (χ2n) is 7.81. The molecule has 2 aromatic carbocycles. The molecule has 0 bridgehead atoms. The van der Waals surface area contributed by atoms with Crippen molar-refractivity contribution in [3.8, 4) is 11.1 Å². The fraction of sp³-hybridized carbons (Fsp3) is 0.417. The highest BCUT2D eigenvalue weighted by molar-refractivity contribution is 5.84. The minimum absolute atomic E-state index is 0.292. The van der Waals surface area contributed by atoms with Crippen LogP contribution in [-0.4, -0.2) is 0 Å². The molecule has 142 valence electrons. The Hall–Kier alpha value is -2.03. The van der Waals surface area contributed by atoms with Gasteiger partial charge in [0.1, 0.15) is 5.82 Å². The molecule has 3 heteroatoms. The van der Waals surface area contributed by atoms with Gasteiger partial charge in [-0.1, -0.05) is 49.1 Å². The van der Waals surface area contributed by atoms with Gasteiger partial charge in [0.25, 0.3) is 0 Å². The number of hydrogen-bond donors (Lipinski definition) is 0. The lowest BCUT2D eigenvalue weighted by atomic mass is 9.74. The first-order valence-electron chi connectivity index (χ1n) is 10.1. The van der Waals surface area contributed by atoms with E-state index < -0.39 is 17.5 Å². The molecule has 0 N–H and O–H groups in total. The zero-order valence-electron chi connectivity index (χ0n) is 15.5. The number of rotatable bonds is 3. The van der Waals surface area contributed by atoms with Crippen molar-refractivity contribution in [1.82, 2.24) is 0 Å². The average molecular weight is 370 g/mol. The van der Waals surface area contributed by atoms with Gasteiger partial charge >= 0.3 is 0 Å². The van der Waals surface area contributed by atoms with E-state index >= 15 is 4.39 Å². The topological polar surface area (TPSA) is 0 Å². The summed E-state index contributed by atoms with van der Waals surface area (Å²) in [6.07, 6.45) is 9.68. The van der Waals surface area contributed by atoms with E-state index in [0.717, 1.165) is 50.2 Å². The molecule has 0 saturated heterocycles. The fourth-order valence-corrected chi connectivity index (χ4v) is 4.87. The van der Waals surface area contributed by atoms with Gasteiger partial charge in [0.2, 0.25) is 0 Å². The Labute approximate surface area is 159 Å². The first kappa shape index (κ1) is 18.3. The van der Waals surface area contributed by atoms with E-state index in [2.05, 4.69) is 0 Å². The predicted molar refractivity (Wildman–Crippen MR) is 104 cm³/mol. The summed E-state index contributed by atoms with van der Waals surface area (Å²) < 4.78 is 43.8. The van der Waals surface area contributed by atoms with Crippen LogP contribution in [0.2, 0.25) is 0 Å². The molecule has 4 rings (SSSR count). The molecule has 0 aliphatic heterocycles. The van der Waals surface area contributed by atoms with Gasteiger partial charge in [-0.15, -0.1) is 0 Å². The Morgan fingerprint density at radius 3 is 2.19 bits per heavy atom. The summed E-state index contributed by atoms with van der Waals surface area (Å²) >= 11 is 0.